The van der Waals surface area contributed by atoms with Crippen molar-refractivity contribution in [1.29, 1.82) is 0 Å². The SMILES string of the molecule is CC(NC(=O)c1cc(F)cc(-c2nccc(N)n2)c1)c1ccc2c(c1)OCCCO2. The van der Waals surface area contributed by atoms with Crippen LogP contribution in [0.15, 0.2) is 48.7 Å². The summed E-state index contributed by atoms with van der Waals surface area (Å²) in [4.78, 5) is 21.0. The Labute approximate surface area is 173 Å². The molecule has 0 bridgehead atoms. The first-order valence-electron chi connectivity index (χ1n) is 9.59. The smallest absolute Gasteiger partial charge is 0.251 e. The molecule has 8 heteroatoms. The number of nitrogen functional groups attached to an aromatic ring is 1. The number of hydrogen-bond donors (Lipinski definition) is 2. The van der Waals surface area contributed by atoms with Crippen molar-refractivity contribution in [1.82, 2.24) is 15.3 Å². The Kier molecular flexibility index (Phi) is 5.47. The summed E-state index contributed by atoms with van der Waals surface area (Å²) >= 11 is 0. The molecule has 1 aliphatic heterocycles. The molecule has 0 radical (unpaired) electrons. The summed E-state index contributed by atoms with van der Waals surface area (Å²) in [5.74, 6) is 0.869. The number of carbonyl (C=O) groups is 1. The molecule has 1 atom stereocenters. The van der Waals surface area contributed by atoms with Crippen molar-refractivity contribution >= 4 is 11.7 Å². The molecule has 30 heavy (non-hydrogen) atoms. The molecule has 2 heterocycles. The summed E-state index contributed by atoms with van der Waals surface area (Å²) in [6.07, 6.45) is 2.30. The molecule has 1 aromatic heterocycles. The molecular weight excluding hydrogens is 387 g/mol. The topological polar surface area (TPSA) is 99.4 Å². The number of anilines is 1. The maximum atomic E-state index is 14.2. The van der Waals surface area contributed by atoms with Crippen molar-refractivity contribution < 1.29 is 18.7 Å². The second-order valence-electron chi connectivity index (χ2n) is 6.99. The van der Waals surface area contributed by atoms with E-state index in [1.165, 1.54) is 30.5 Å². The zero-order chi connectivity index (χ0) is 21.1. The standard InChI is InChI=1S/C22H21FN4O3/c1-13(14-3-4-18-19(12-14)30-8-2-7-29-18)26-22(28)16-9-15(10-17(23)11-16)21-25-6-5-20(24)27-21/h3-6,9-13H,2,7-8H2,1H3,(H,26,28)(H2,24,25,27). The fraction of sp³-hybridized carbons (Fsp3) is 0.227. The Morgan fingerprint density at radius 2 is 1.93 bits per heavy atom. The van der Waals surface area contributed by atoms with Gasteiger partial charge in [-0.1, -0.05) is 6.07 Å². The number of fused-ring (bicyclic) bond motifs is 1. The van der Waals surface area contributed by atoms with Crippen LogP contribution >= 0.6 is 0 Å². The minimum Gasteiger partial charge on any atom is -0.490 e. The van der Waals surface area contributed by atoms with Crippen LogP contribution < -0.4 is 20.5 Å². The first-order valence-corrected chi connectivity index (χ1v) is 9.59. The molecule has 1 unspecified atom stereocenters. The number of rotatable bonds is 4. The highest BCUT2D eigenvalue weighted by Gasteiger charge is 2.17. The predicted octanol–water partition coefficient (Wildman–Crippen LogP) is 3.52. The number of ether oxygens (including phenoxy) is 2. The van der Waals surface area contributed by atoms with E-state index in [0.717, 1.165) is 12.0 Å². The zero-order valence-electron chi connectivity index (χ0n) is 16.4. The highest BCUT2D eigenvalue weighted by Crippen LogP contribution is 2.32. The maximum absolute atomic E-state index is 14.2. The molecule has 2 aromatic carbocycles. The second kappa shape index (κ2) is 8.36. The molecular formula is C22H21FN4O3. The molecule has 1 amide bonds. The van der Waals surface area contributed by atoms with Gasteiger partial charge in [0.25, 0.3) is 5.91 Å². The number of benzene rings is 2. The molecule has 0 spiro atoms. The molecule has 3 N–H and O–H groups in total. The van der Waals surface area contributed by atoms with Crippen molar-refractivity contribution in [2.45, 2.75) is 19.4 Å². The Morgan fingerprint density at radius 1 is 1.13 bits per heavy atom. The van der Waals surface area contributed by atoms with Crippen molar-refractivity contribution in [2.24, 2.45) is 0 Å². The molecule has 1 aliphatic rings. The monoisotopic (exact) mass is 408 g/mol. The third-order valence-electron chi connectivity index (χ3n) is 4.71. The van der Waals surface area contributed by atoms with Crippen molar-refractivity contribution in [2.75, 3.05) is 18.9 Å². The van der Waals surface area contributed by atoms with Crippen LogP contribution in [0.3, 0.4) is 0 Å². The van der Waals surface area contributed by atoms with E-state index in [1.807, 2.05) is 25.1 Å². The lowest BCUT2D eigenvalue weighted by Crippen LogP contribution is -2.26. The van der Waals surface area contributed by atoms with E-state index in [2.05, 4.69) is 15.3 Å². The minimum absolute atomic E-state index is 0.164. The van der Waals surface area contributed by atoms with Gasteiger partial charge in [-0.2, -0.15) is 0 Å². The normalized spacial score (nSPS) is 13.9. The quantitative estimate of drug-likeness (QED) is 0.685. The Balaban J connectivity index is 1.54. The Bertz CT molecular complexity index is 1090. The summed E-state index contributed by atoms with van der Waals surface area (Å²) in [7, 11) is 0. The summed E-state index contributed by atoms with van der Waals surface area (Å²) < 4.78 is 25.5. The van der Waals surface area contributed by atoms with Crippen LogP contribution in [0, 0.1) is 5.82 Å². The fourth-order valence-corrected chi connectivity index (χ4v) is 3.17. The number of aromatic nitrogens is 2. The van der Waals surface area contributed by atoms with Crippen molar-refractivity contribution in [3.63, 3.8) is 0 Å². The minimum atomic E-state index is -0.563. The lowest BCUT2D eigenvalue weighted by atomic mass is 10.1. The largest absolute Gasteiger partial charge is 0.490 e. The van der Waals surface area contributed by atoms with Gasteiger partial charge in [0.05, 0.1) is 19.3 Å². The molecule has 0 saturated carbocycles. The van der Waals surface area contributed by atoms with Gasteiger partial charge in [-0.05, 0) is 48.9 Å². The number of nitrogens with zero attached hydrogens (tertiary/aromatic N) is 2. The molecule has 7 nitrogen and oxygen atoms in total. The predicted molar refractivity (Wildman–Crippen MR) is 110 cm³/mol. The highest BCUT2D eigenvalue weighted by atomic mass is 19.1. The Morgan fingerprint density at radius 3 is 2.73 bits per heavy atom. The van der Waals surface area contributed by atoms with Gasteiger partial charge in [0, 0.05) is 23.7 Å². The third-order valence-corrected chi connectivity index (χ3v) is 4.71. The summed E-state index contributed by atoms with van der Waals surface area (Å²) in [6, 6.07) is 10.7. The molecule has 0 aliphatic carbocycles. The van der Waals surface area contributed by atoms with E-state index in [1.54, 1.807) is 0 Å². The number of nitrogens with two attached hydrogens (primary N) is 1. The van der Waals surface area contributed by atoms with Crippen LogP contribution in [0.1, 0.15) is 35.3 Å². The van der Waals surface area contributed by atoms with E-state index in [-0.39, 0.29) is 23.2 Å². The lowest BCUT2D eigenvalue weighted by molar-refractivity contribution is 0.0939. The lowest BCUT2D eigenvalue weighted by Gasteiger charge is -2.17. The summed E-state index contributed by atoms with van der Waals surface area (Å²) in [5.41, 5.74) is 7.06. The van der Waals surface area contributed by atoms with Crippen molar-refractivity contribution in [3.05, 3.63) is 65.6 Å². The number of halogens is 1. The highest BCUT2D eigenvalue weighted by molar-refractivity contribution is 5.95. The van der Waals surface area contributed by atoms with Crippen LogP contribution in [-0.4, -0.2) is 29.1 Å². The van der Waals surface area contributed by atoms with Gasteiger partial charge in [0.2, 0.25) is 0 Å². The molecule has 4 rings (SSSR count). The maximum Gasteiger partial charge on any atom is 0.251 e. The van der Waals surface area contributed by atoms with Gasteiger partial charge in [-0.15, -0.1) is 0 Å². The van der Waals surface area contributed by atoms with E-state index in [9.17, 15) is 9.18 Å². The van der Waals surface area contributed by atoms with Gasteiger partial charge < -0.3 is 20.5 Å². The average Bonchev–Trinajstić information content (AvgIpc) is 2.98. The van der Waals surface area contributed by atoms with Crippen LogP contribution in [-0.2, 0) is 0 Å². The first-order chi connectivity index (χ1) is 14.5. The average molecular weight is 408 g/mol. The molecule has 3 aromatic rings. The van der Waals surface area contributed by atoms with Gasteiger partial charge in [-0.3, -0.25) is 4.79 Å². The molecule has 0 saturated heterocycles. The number of amides is 1. The van der Waals surface area contributed by atoms with E-state index < -0.39 is 11.7 Å². The summed E-state index contributed by atoms with van der Waals surface area (Å²) in [6.45, 7) is 3.03. The van der Waals surface area contributed by atoms with Crippen LogP contribution in [0.4, 0.5) is 10.2 Å². The number of carbonyl (C=O) groups excluding carboxylic acids is 1. The van der Waals surface area contributed by atoms with Gasteiger partial charge in [-0.25, -0.2) is 14.4 Å². The number of nitrogens with one attached hydrogen (secondary N) is 1. The van der Waals surface area contributed by atoms with E-state index in [0.29, 0.717) is 30.3 Å². The van der Waals surface area contributed by atoms with Gasteiger partial charge in [0.1, 0.15) is 11.6 Å². The van der Waals surface area contributed by atoms with E-state index in [4.69, 9.17) is 15.2 Å². The van der Waals surface area contributed by atoms with Gasteiger partial charge >= 0.3 is 0 Å². The first kappa shape index (κ1) is 19.6. The third kappa shape index (κ3) is 4.32. The fourth-order valence-electron chi connectivity index (χ4n) is 3.17. The van der Waals surface area contributed by atoms with Crippen LogP contribution in [0.25, 0.3) is 11.4 Å². The van der Waals surface area contributed by atoms with Crippen LogP contribution in [0.5, 0.6) is 11.5 Å². The zero-order valence-corrected chi connectivity index (χ0v) is 16.4. The molecule has 0 fully saturated rings. The van der Waals surface area contributed by atoms with Crippen LogP contribution in [0.2, 0.25) is 0 Å². The molecule has 154 valence electrons. The van der Waals surface area contributed by atoms with E-state index >= 15 is 0 Å². The number of hydrogen-bond acceptors (Lipinski definition) is 6. The summed E-state index contributed by atoms with van der Waals surface area (Å²) in [5, 5.41) is 2.88. The Hall–Kier alpha value is -3.68. The van der Waals surface area contributed by atoms with Gasteiger partial charge in [0.15, 0.2) is 17.3 Å². The second-order valence-corrected chi connectivity index (χ2v) is 6.99. The van der Waals surface area contributed by atoms with Crippen molar-refractivity contribution in [3.8, 4) is 22.9 Å².